The van der Waals surface area contributed by atoms with Gasteiger partial charge in [0.05, 0.1) is 14.2 Å². The first-order chi connectivity index (χ1) is 16.7. The van der Waals surface area contributed by atoms with Crippen LogP contribution in [0.25, 0.3) is 0 Å². The molecule has 8 heteroatoms. The average molecular weight is 502 g/mol. The largest absolute Gasteiger partial charge is 0.493 e. The Bertz CT molecular complexity index is 1050. The Morgan fingerprint density at radius 2 is 1.77 bits per heavy atom. The van der Waals surface area contributed by atoms with Gasteiger partial charge in [-0.25, -0.2) is 0 Å². The van der Waals surface area contributed by atoms with Crippen molar-refractivity contribution in [2.24, 2.45) is 17.1 Å². The van der Waals surface area contributed by atoms with Crippen LogP contribution in [0.3, 0.4) is 0 Å². The highest BCUT2D eigenvalue weighted by atomic mass is 35.5. The Balaban J connectivity index is 1.87. The molecule has 7 nitrogen and oxygen atoms in total. The van der Waals surface area contributed by atoms with Crippen molar-refractivity contribution in [1.82, 2.24) is 4.90 Å². The summed E-state index contributed by atoms with van der Waals surface area (Å²) in [5.74, 6) is 0.947. The van der Waals surface area contributed by atoms with Crippen LogP contribution in [-0.4, -0.2) is 44.0 Å². The monoisotopic (exact) mass is 501 g/mol. The molecule has 35 heavy (non-hydrogen) atoms. The molecule has 1 fully saturated rings. The third-order valence-corrected chi connectivity index (χ3v) is 6.86. The number of ether oxygens (including phenoxy) is 2. The van der Waals surface area contributed by atoms with Crippen molar-refractivity contribution in [3.05, 3.63) is 52.5 Å². The van der Waals surface area contributed by atoms with E-state index >= 15 is 0 Å². The fourth-order valence-electron chi connectivity index (χ4n) is 4.34. The molecule has 2 aromatic rings. The fraction of sp³-hybridized carbons (Fsp3) is 0.481. The first kappa shape index (κ1) is 26.8. The van der Waals surface area contributed by atoms with Gasteiger partial charge in [-0.1, -0.05) is 38.3 Å². The molecule has 1 aliphatic rings. The Kier molecular flexibility index (Phi) is 9.03. The van der Waals surface area contributed by atoms with Crippen molar-refractivity contribution in [2.45, 2.75) is 46.1 Å². The van der Waals surface area contributed by atoms with E-state index in [0.29, 0.717) is 40.9 Å². The summed E-state index contributed by atoms with van der Waals surface area (Å²) < 4.78 is 10.7. The molecule has 0 aromatic heterocycles. The molecule has 2 aromatic carbocycles. The van der Waals surface area contributed by atoms with Gasteiger partial charge < -0.3 is 25.4 Å². The molecule has 0 saturated heterocycles. The summed E-state index contributed by atoms with van der Waals surface area (Å²) in [5.41, 5.74) is 7.57. The molecule has 0 bridgehead atoms. The number of hydrogen-bond acceptors (Lipinski definition) is 5. The maximum Gasteiger partial charge on any atom is 0.254 e. The molecule has 0 radical (unpaired) electrons. The zero-order valence-corrected chi connectivity index (χ0v) is 21.8. The van der Waals surface area contributed by atoms with Crippen molar-refractivity contribution in [3.8, 4) is 11.5 Å². The minimum absolute atomic E-state index is 0.0401. The molecule has 1 aliphatic carbocycles. The number of hydrogen-bond donors (Lipinski definition) is 2. The summed E-state index contributed by atoms with van der Waals surface area (Å²) in [5, 5.41) is 3.55. The standard InChI is InChI=1S/C27H36ClN3O4/c1-27(2,16-29)17-31(26(33)19-9-12-23(34-3)24(14-19)35-4)15-20-13-21(10-11-22(20)28)30-25(32)18-7-5-6-8-18/h9-14,18H,5-8,15-17,29H2,1-4H3,(H,30,32). The second-order valence-corrected chi connectivity index (χ2v) is 10.3. The Morgan fingerprint density at radius 1 is 1.09 bits per heavy atom. The number of carbonyl (C=O) groups excluding carboxylic acids is 2. The van der Waals surface area contributed by atoms with Crippen LogP contribution >= 0.6 is 11.6 Å². The summed E-state index contributed by atoms with van der Waals surface area (Å²) in [4.78, 5) is 28.0. The van der Waals surface area contributed by atoms with Gasteiger partial charge in [0.1, 0.15) is 0 Å². The van der Waals surface area contributed by atoms with Gasteiger partial charge in [-0.3, -0.25) is 9.59 Å². The Labute approximate surface area is 212 Å². The maximum absolute atomic E-state index is 13.6. The van der Waals surface area contributed by atoms with E-state index in [4.69, 9.17) is 26.8 Å². The van der Waals surface area contributed by atoms with Gasteiger partial charge in [0, 0.05) is 35.3 Å². The van der Waals surface area contributed by atoms with Crippen LogP contribution in [0.15, 0.2) is 36.4 Å². The maximum atomic E-state index is 13.6. The minimum Gasteiger partial charge on any atom is -0.493 e. The molecule has 3 N–H and O–H groups in total. The van der Waals surface area contributed by atoms with Crippen LogP contribution in [0.5, 0.6) is 11.5 Å². The molecule has 0 aliphatic heterocycles. The summed E-state index contributed by atoms with van der Waals surface area (Å²) in [6.07, 6.45) is 4.03. The highest BCUT2D eigenvalue weighted by Crippen LogP contribution is 2.31. The first-order valence-electron chi connectivity index (χ1n) is 12.0. The van der Waals surface area contributed by atoms with Crippen molar-refractivity contribution in [2.75, 3.05) is 32.6 Å². The zero-order chi connectivity index (χ0) is 25.6. The van der Waals surface area contributed by atoms with Crippen molar-refractivity contribution >= 4 is 29.1 Å². The summed E-state index contributed by atoms with van der Waals surface area (Å²) >= 11 is 6.54. The number of rotatable bonds is 10. The molecule has 1 saturated carbocycles. The van der Waals surface area contributed by atoms with Crippen LogP contribution in [0.4, 0.5) is 5.69 Å². The predicted molar refractivity (Wildman–Crippen MR) is 139 cm³/mol. The van der Waals surface area contributed by atoms with E-state index in [2.05, 4.69) is 5.32 Å². The predicted octanol–water partition coefficient (Wildman–Crippen LogP) is 5.11. The van der Waals surface area contributed by atoms with E-state index in [1.165, 1.54) is 7.11 Å². The molecule has 190 valence electrons. The number of benzene rings is 2. The topological polar surface area (TPSA) is 93.9 Å². The zero-order valence-electron chi connectivity index (χ0n) is 21.0. The molecule has 0 spiro atoms. The van der Waals surface area contributed by atoms with Crippen molar-refractivity contribution in [3.63, 3.8) is 0 Å². The molecular weight excluding hydrogens is 466 g/mol. The quantitative estimate of drug-likeness (QED) is 0.471. The third-order valence-electron chi connectivity index (χ3n) is 6.49. The first-order valence-corrected chi connectivity index (χ1v) is 12.4. The van der Waals surface area contributed by atoms with Gasteiger partial charge in [-0.2, -0.15) is 0 Å². The number of carbonyl (C=O) groups is 2. The van der Waals surface area contributed by atoms with E-state index in [1.807, 2.05) is 19.9 Å². The number of halogens is 1. The number of nitrogens with one attached hydrogen (secondary N) is 1. The Morgan fingerprint density at radius 3 is 2.40 bits per heavy atom. The molecule has 0 atom stereocenters. The van der Waals surface area contributed by atoms with Crippen LogP contribution in [0, 0.1) is 11.3 Å². The van der Waals surface area contributed by atoms with Crippen molar-refractivity contribution in [1.29, 1.82) is 0 Å². The lowest BCUT2D eigenvalue weighted by Gasteiger charge is -2.32. The summed E-state index contributed by atoms with van der Waals surface area (Å²) in [7, 11) is 3.09. The van der Waals surface area contributed by atoms with Gasteiger partial charge in [0.2, 0.25) is 5.91 Å². The van der Waals surface area contributed by atoms with Crippen LogP contribution in [-0.2, 0) is 11.3 Å². The van der Waals surface area contributed by atoms with E-state index in [0.717, 1.165) is 31.2 Å². The number of methoxy groups -OCH3 is 2. The van der Waals surface area contributed by atoms with Gasteiger partial charge in [0.25, 0.3) is 5.91 Å². The second-order valence-electron chi connectivity index (χ2n) is 9.88. The number of nitrogens with two attached hydrogens (primary N) is 1. The summed E-state index contributed by atoms with van der Waals surface area (Å²) in [6.45, 7) is 5.13. The average Bonchev–Trinajstić information content (AvgIpc) is 3.40. The lowest BCUT2D eigenvalue weighted by atomic mass is 9.92. The molecule has 0 unspecified atom stereocenters. The van der Waals surface area contributed by atoms with Crippen LogP contribution < -0.4 is 20.5 Å². The van der Waals surface area contributed by atoms with Crippen LogP contribution in [0.2, 0.25) is 5.02 Å². The molecule has 3 rings (SSSR count). The minimum atomic E-state index is -0.313. The van der Waals surface area contributed by atoms with E-state index in [1.54, 1.807) is 42.3 Å². The smallest absolute Gasteiger partial charge is 0.254 e. The highest BCUT2D eigenvalue weighted by molar-refractivity contribution is 6.31. The summed E-state index contributed by atoms with van der Waals surface area (Å²) in [6, 6.07) is 10.5. The lowest BCUT2D eigenvalue weighted by Crippen LogP contribution is -2.41. The number of nitrogens with zero attached hydrogens (tertiary/aromatic N) is 1. The molecular formula is C27H36ClN3O4. The third kappa shape index (κ3) is 6.89. The number of anilines is 1. The lowest BCUT2D eigenvalue weighted by molar-refractivity contribution is -0.119. The molecule has 2 amide bonds. The SMILES string of the molecule is COc1ccc(C(=O)N(Cc2cc(NC(=O)C3CCCC3)ccc2Cl)CC(C)(C)CN)cc1OC. The number of amides is 2. The normalized spacial score (nSPS) is 14.0. The van der Waals surface area contributed by atoms with Crippen molar-refractivity contribution < 1.29 is 19.1 Å². The highest BCUT2D eigenvalue weighted by Gasteiger charge is 2.27. The van der Waals surface area contributed by atoms with Gasteiger partial charge in [-0.05, 0) is 66.8 Å². The van der Waals surface area contributed by atoms with E-state index < -0.39 is 0 Å². The molecule has 0 heterocycles. The second kappa shape index (κ2) is 11.8. The van der Waals surface area contributed by atoms with Crippen LogP contribution in [0.1, 0.15) is 55.5 Å². The Hall–Kier alpha value is -2.77. The fourth-order valence-corrected chi connectivity index (χ4v) is 4.52. The van der Waals surface area contributed by atoms with Gasteiger partial charge in [0.15, 0.2) is 11.5 Å². The van der Waals surface area contributed by atoms with Gasteiger partial charge in [-0.15, -0.1) is 0 Å². The van der Waals surface area contributed by atoms with E-state index in [-0.39, 0.29) is 29.7 Å². The van der Waals surface area contributed by atoms with E-state index in [9.17, 15) is 9.59 Å². The van der Waals surface area contributed by atoms with Gasteiger partial charge >= 0.3 is 0 Å².